The van der Waals surface area contributed by atoms with Crippen molar-refractivity contribution in [2.45, 2.75) is 32.5 Å². The van der Waals surface area contributed by atoms with Crippen LogP contribution in [0.5, 0.6) is 17.5 Å². The van der Waals surface area contributed by atoms with Crippen LogP contribution in [0.1, 0.15) is 30.0 Å². The smallest absolute Gasteiger partial charge is 0.344 e. The molecule has 0 fully saturated rings. The maximum absolute atomic E-state index is 14.7. The highest BCUT2D eigenvalue weighted by Crippen LogP contribution is 2.32. The van der Waals surface area contributed by atoms with Gasteiger partial charge < -0.3 is 25.6 Å². The summed E-state index contributed by atoms with van der Waals surface area (Å²) in [5.74, 6) is -5.07. The first-order valence-corrected chi connectivity index (χ1v) is 13.5. The molecule has 4 N–H and O–H groups in total. The van der Waals surface area contributed by atoms with Gasteiger partial charge in [-0.15, -0.1) is 0 Å². The van der Waals surface area contributed by atoms with Crippen LogP contribution >= 0.6 is 11.3 Å². The van der Waals surface area contributed by atoms with Crippen LogP contribution < -0.4 is 20.5 Å². The number of ether oxygens (including phenoxy) is 2. The van der Waals surface area contributed by atoms with E-state index in [1.54, 1.807) is 25.1 Å². The lowest BCUT2D eigenvalue weighted by Gasteiger charge is -2.15. The van der Waals surface area contributed by atoms with Crippen molar-refractivity contribution < 1.29 is 33.0 Å². The minimum atomic E-state index is -1.38. The summed E-state index contributed by atoms with van der Waals surface area (Å²) in [4.78, 5) is 27.5. The van der Waals surface area contributed by atoms with Gasteiger partial charge in [0, 0.05) is 25.2 Å². The number of nitrogens with one attached hydrogen (secondary N) is 1. The summed E-state index contributed by atoms with van der Waals surface area (Å²) in [6, 6.07) is 14.9. The molecule has 1 unspecified atom stereocenters. The number of benzene rings is 2. The number of hydrogen-bond acceptors (Lipinski definition) is 7. The highest BCUT2D eigenvalue weighted by molar-refractivity contribution is 7.08. The van der Waals surface area contributed by atoms with Crippen LogP contribution in [0.4, 0.5) is 8.78 Å². The standard InChI is InChI=1S/C30H27F2N3O5S/c1-2-26(30(37)38)40-29-25(32)14-24(31)28(35-29)39-23-12-20(16-34-27(36)7-6-18-8-9-41-17-18)11-22(13-23)21-5-3-4-19(10-21)15-33/h3-14,17,26H,2,15-16,33H2,1H3,(H,34,36)(H,37,38)/b7-6+. The molecule has 2 aromatic heterocycles. The van der Waals surface area contributed by atoms with Crippen LogP contribution in [0.15, 0.2) is 71.4 Å². The zero-order valence-corrected chi connectivity index (χ0v) is 22.8. The first-order chi connectivity index (χ1) is 19.7. The third kappa shape index (κ3) is 7.96. The molecule has 0 spiro atoms. The number of nitrogens with two attached hydrogens (primary N) is 1. The minimum absolute atomic E-state index is 0.0332. The largest absolute Gasteiger partial charge is 0.479 e. The number of amides is 1. The number of carbonyl (C=O) groups excluding carboxylic acids is 1. The Hall–Kier alpha value is -4.61. The van der Waals surface area contributed by atoms with Crippen LogP contribution in [0.25, 0.3) is 17.2 Å². The van der Waals surface area contributed by atoms with Gasteiger partial charge in [-0.2, -0.15) is 16.3 Å². The Kier molecular flexibility index (Phi) is 9.77. The monoisotopic (exact) mass is 579 g/mol. The quantitative estimate of drug-likeness (QED) is 0.178. The molecule has 0 saturated carbocycles. The van der Waals surface area contributed by atoms with Crippen molar-refractivity contribution in [3.8, 4) is 28.6 Å². The number of pyridine rings is 1. The van der Waals surface area contributed by atoms with Gasteiger partial charge in [0.25, 0.3) is 11.8 Å². The molecule has 0 aliphatic rings. The molecule has 1 amide bonds. The summed E-state index contributed by atoms with van der Waals surface area (Å²) in [5.41, 5.74) is 9.71. The van der Waals surface area contributed by atoms with Gasteiger partial charge in [0.1, 0.15) is 5.75 Å². The molecule has 4 rings (SSSR count). The molecule has 2 aromatic carbocycles. The molecule has 1 atom stereocenters. The first kappa shape index (κ1) is 29.4. The second kappa shape index (κ2) is 13.6. The number of thiophene rings is 1. The van der Waals surface area contributed by atoms with Gasteiger partial charge in [-0.1, -0.05) is 25.1 Å². The molecule has 8 nitrogen and oxygen atoms in total. The molecule has 0 aliphatic carbocycles. The normalized spacial score (nSPS) is 11.8. The van der Waals surface area contributed by atoms with Crippen molar-refractivity contribution in [3.05, 3.63) is 99.8 Å². The second-order valence-corrected chi connectivity index (χ2v) is 9.68. The van der Waals surface area contributed by atoms with Gasteiger partial charge in [0.2, 0.25) is 5.91 Å². The van der Waals surface area contributed by atoms with E-state index in [4.69, 9.17) is 15.2 Å². The number of hydrogen-bond donors (Lipinski definition) is 3. The Morgan fingerprint density at radius 2 is 1.85 bits per heavy atom. The second-order valence-electron chi connectivity index (χ2n) is 8.90. The van der Waals surface area contributed by atoms with Crippen molar-refractivity contribution in [2.75, 3.05) is 0 Å². The van der Waals surface area contributed by atoms with E-state index < -0.39 is 35.5 Å². The number of aliphatic carboxylic acids is 1. The maximum Gasteiger partial charge on any atom is 0.344 e. The summed E-state index contributed by atoms with van der Waals surface area (Å²) in [6.07, 6.45) is 1.78. The summed E-state index contributed by atoms with van der Waals surface area (Å²) in [5, 5.41) is 15.9. The summed E-state index contributed by atoms with van der Waals surface area (Å²) < 4.78 is 39.9. The van der Waals surface area contributed by atoms with Crippen LogP contribution in [-0.4, -0.2) is 28.1 Å². The van der Waals surface area contributed by atoms with E-state index in [-0.39, 0.29) is 24.6 Å². The summed E-state index contributed by atoms with van der Waals surface area (Å²) in [6.45, 7) is 1.99. The molecule has 0 saturated heterocycles. The van der Waals surface area contributed by atoms with Gasteiger partial charge in [0.15, 0.2) is 17.7 Å². The molecule has 212 valence electrons. The van der Waals surface area contributed by atoms with Crippen LogP contribution in [0, 0.1) is 11.6 Å². The number of rotatable bonds is 12. The van der Waals surface area contributed by atoms with E-state index in [1.165, 1.54) is 17.4 Å². The lowest BCUT2D eigenvalue weighted by Crippen LogP contribution is -2.26. The van der Waals surface area contributed by atoms with Gasteiger partial charge in [-0.05, 0) is 81.4 Å². The zero-order chi connectivity index (χ0) is 29.4. The number of carboxylic acids is 1. The average molecular weight is 580 g/mol. The van der Waals surface area contributed by atoms with Crippen molar-refractivity contribution in [1.82, 2.24) is 10.3 Å². The van der Waals surface area contributed by atoms with E-state index in [0.717, 1.165) is 16.7 Å². The number of aromatic nitrogens is 1. The fourth-order valence-electron chi connectivity index (χ4n) is 3.80. The molecule has 2 heterocycles. The third-order valence-electron chi connectivity index (χ3n) is 5.88. The van der Waals surface area contributed by atoms with Gasteiger partial charge in [-0.25, -0.2) is 13.6 Å². The Labute approximate surface area is 239 Å². The Balaban J connectivity index is 1.64. The molecule has 41 heavy (non-hydrogen) atoms. The number of nitrogens with zero attached hydrogens (tertiary/aromatic N) is 1. The minimum Gasteiger partial charge on any atom is -0.479 e. The van der Waals surface area contributed by atoms with Crippen LogP contribution in [0.2, 0.25) is 0 Å². The molecule has 0 bridgehead atoms. The topological polar surface area (TPSA) is 124 Å². The van der Waals surface area contributed by atoms with E-state index in [1.807, 2.05) is 47.2 Å². The van der Waals surface area contributed by atoms with Gasteiger partial charge in [0.05, 0.1) is 0 Å². The van der Waals surface area contributed by atoms with Crippen molar-refractivity contribution in [1.29, 1.82) is 0 Å². The Morgan fingerprint density at radius 1 is 1.07 bits per heavy atom. The van der Waals surface area contributed by atoms with Crippen LogP contribution in [-0.2, 0) is 22.7 Å². The first-order valence-electron chi connectivity index (χ1n) is 12.6. The van der Waals surface area contributed by atoms with Crippen molar-refractivity contribution in [2.24, 2.45) is 5.73 Å². The third-order valence-corrected chi connectivity index (χ3v) is 6.58. The molecule has 0 radical (unpaired) electrons. The fourth-order valence-corrected chi connectivity index (χ4v) is 4.43. The van der Waals surface area contributed by atoms with E-state index in [9.17, 15) is 23.5 Å². The predicted molar refractivity (Wildman–Crippen MR) is 152 cm³/mol. The summed E-state index contributed by atoms with van der Waals surface area (Å²) in [7, 11) is 0. The van der Waals surface area contributed by atoms with Gasteiger partial charge >= 0.3 is 5.97 Å². The van der Waals surface area contributed by atoms with Crippen molar-refractivity contribution >= 4 is 29.3 Å². The van der Waals surface area contributed by atoms with E-state index in [0.29, 0.717) is 23.7 Å². The lowest BCUT2D eigenvalue weighted by atomic mass is 10.0. The van der Waals surface area contributed by atoms with E-state index >= 15 is 0 Å². The molecular formula is C30H27F2N3O5S. The molecule has 11 heteroatoms. The number of halogens is 2. The van der Waals surface area contributed by atoms with Crippen LogP contribution in [0.3, 0.4) is 0 Å². The number of carboxylic acid groups (broad SMARTS) is 1. The SMILES string of the molecule is CCC(Oc1nc(Oc2cc(CNC(=O)/C=C/c3ccsc3)cc(-c3cccc(CN)c3)c2)c(F)cc1F)C(=O)O. The van der Waals surface area contributed by atoms with E-state index in [2.05, 4.69) is 10.3 Å². The zero-order valence-electron chi connectivity index (χ0n) is 22.0. The summed E-state index contributed by atoms with van der Waals surface area (Å²) >= 11 is 1.52. The Morgan fingerprint density at radius 3 is 2.56 bits per heavy atom. The molecule has 4 aromatic rings. The lowest BCUT2D eigenvalue weighted by molar-refractivity contribution is -0.145. The molecular weight excluding hydrogens is 552 g/mol. The fraction of sp³-hybridized carbons (Fsp3) is 0.167. The molecule has 0 aliphatic heterocycles. The predicted octanol–water partition coefficient (Wildman–Crippen LogP) is 5.91. The average Bonchev–Trinajstić information content (AvgIpc) is 3.49. The highest BCUT2D eigenvalue weighted by atomic mass is 32.1. The maximum atomic E-state index is 14.7. The Bertz CT molecular complexity index is 1560. The highest BCUT2D eigenvalue weighted by Gasteiger charge is 2.22. The number of carbonyl (C=O) groups is 2. The van der Waals surface area contributed by atoms with Crippen molar-refractivity contribution in [3.63, 3.8) is 0 Å². The van der Waals surface area contributed by atoms with Gasteiger partial charge in [-0.3, -0.25) is 4.79 Å².